The van der Waals surface area contributed by atoms with Crippen LogP contribution in [0.1, 0.15) is 18.2 Å². The molecule has 1 aromatic heterocycles. The van der Waals surface area contributed by atoms with Crippen LogP contribution in [0.3, 0.4) is 0 Å². The SMILES string of the molecule is N#CC[C@H](N)c1cc(Cl)c[nH]1. The maximum atomic E-state index is 8.33. The first-order valence-corrected chi connectivity index (χ1v) is 3.58. The van der Waals surface area contributed by atoms with Gasteiger partial charge in [0.25, 0.3) is 0 Å². The van der Waals surface area contributed by atoms with Crippen molar-refractivity contribution in [1.82, 2.24) is 4.98 Å². The molecular weight excluding hydrogens is 162 g/mol. The summed E-state index contributed by atoms with van der Waals surface area (Å²) in [7, 11) is 0. The van der Waals surface area contributed by atoms with Gasteiger partial charge >= 0.3 is 0 Å². The summed E-state index contributed by atoms with van der Waals surface area (Å²) in [6.45, 7) is 0. The Hall–Kier alpha value is -0.980. The molecule has 11 heavy (non-hydrogen) atoms. The molecule has 1 rings (SSSR count). The summed E-state index contributed by atoms with van der Waals surface area (Å²) in [5.41, 5.74) is 6.41. The van der Waals surface area contributed by atoms with Gasteiger partial charge in [-0.1, -0.05) is 11.6 Å². The Bertz CT molecular complexity index is 273. The Morgan fingerprint density at radius 1 is 1.82 bits per heavy atom. The fourth-order valence-corrected chi connectivity index (χ4v) is 0.979. The molecule has 0 radical (unpaired) electrons. The largest absolute Gasteiger partial charge is 0.362 e. The van der Waals surface area contributed by atoms with Crippen LogP contribution in [0.25, 0.3) is 0 Å². The lowest BCUT2D eigenvalue weighted by Gasteiger charge is -2.02. The van der Waals surface area contributed by atoms with Gasteiger partial charge in [-0.15, -0.1) is 0 Å². The van der Waals surface area contributed by atoms with Gasteiger partial charge in [0.2, 0.25) is 0 Å². The highest BCUT2D eigenvalue weighted by atomic mass is 35.5. The van der Waals surface area contributed by atoms with Gasteiger partial charge in [-0.05, 0) is 6.07 Å². The summed E-state index contributed by atoms with van der Waals surface area (Å²) in [6, 6.07) is 3.46. The molecule has 0 aromatic carbocycles. The summed E-state index contributed by atoms with van der Waals surface area (Å²) < 4.78 is 0. The van der Waals surface area contributed by atoms with Crippen LogP contribution in [0.5, 0.6) is 0 Å². The van der Waals surface area contributed by atoms with Crippen LogP contribution in [0.15, 0.2) is 12.3 Å². The lowest BCUT2D eigenvalue weighted by atomic mass is 10.2. The number of aromatic amines is 1. The standard InChI is InChI=1S/C7H8ClN3/c8-5-3-7(11-4-5)6(10)1-2-9/h3-4,6,11H,1,10H2/t6-/m0/s1. The number of nitrogens with one attached hydrogen (secondary N) is 1. The molecule has 3 N–H and O–H groups in total. The van der Waals surface area contributed by atoms with Gasteiger partial charge in [-0.3, -0.25) is 0 Å². The minimum atomic E-state index is -0.257. The zero-order valence-electron chi connectivity index (χ0n) is 5.84. The number of halogens is 1. The van der Waals surface area contributed by atoms with Gasteiger partial charge in [-0.2, -0.15) is 5.26 Å². The number of rotatable bonds is 2. The number of nitriles is 1. The summed E-state index contributed by atoms with van der Waals surface area (Å²) in [6.07, 6.45) is 1.95. The second-order valence-corrected chi connectivity index (χ2v) is 2.68. The molecule has 1 atom stereocenters. The third-order valence-corrected chi connectivity index (χ3v) is 1.60. The second kappa shape index (κ2) is 3.42. The van der Waals surface area contributed by atoms with E-state index in [1.807, 2.05) is 6.07 Å². The van der Waals surface area contributed by atoms with Gasteiger partial charge in [-0.25, -0.2) is 0 Å². The fourth-order valence-electron chi connectivity index (χ4n) is 0.807. The molecule has 1 aromatic rings. The first-order chi connectivity index (χ1) is 5.24. The molecular formula is C7H8ClN3. The van der Waals surface area contributed by atoms with E-state index in [0.717, 1.165) is 5.69 Å². The zero-order valence-corrected chi connectivity index (χ0v) is 6.60. The van der Waals surface area contributed by atoms with Crippen LogP contribution >= 0.6 is 11.6 Å². The van der Waals surface area contributed by atoms with Crippen molar-refractivity contribution in [1.29, 1.82) is 5.26 Å². The quantitative estimate of drug-likeness (QED) is 0.706. The van der Waals surface area contributed by atoms with E-state index in [9.17, 15) is 0 Å². The predicted molar refractivity (Wildman–Crippen MR) is 43.0 cm³/mol. The summed E-state index contributed by atoms with van der Waals surface area (Å²) in [4.78, 5) is 2.88. The van der Waals surface area contributed by atoms with Crippen LogP contribution in [-0.2, 0) is 0 Å². The van der Waals surface area contributed by atoms with Gasteiger partial charge in [0.1, 0.15) is 0 Å². The van der Waals surface area contributed by atoms with Crippen LogP contribution in [0.2, 0.25) is 5.02 Å². The Balaban J connectivity index is 2.70. The first-order valence-electron chi connectivity index (χ1n) is 3.20. The number of hydrogen-bond acceptors (Lipinski definition) is 2. The van der Waals surface area contributed by atoms with E-state index >= 15 is 0 Å². The van der Waals surface area contributed by atoms with E-state index < -0.39 is 0 Å². The molecule has 0 aliphatic heterocycles. The first kappa shape index (κ1) is 8.12. The summed E-state index contributed by atoms with van der Waals surface area (Å²) in [5.74, 6) is 0. The fraction of sp³-hybridized carbons (Fsp3) is 0.286. The average Bonchev–Trinajstić information content (AvgIpc) is 2.36. The van der Waals surface area contributed by atoms with Crippen LogP contribution in [-0.4, -0.2) is 4.98 Å². The summed E-state index contributed by atoms with van der Waals surface area (Å²) in [5, 5.41) is 8.95. The maximum Gasteiger partial charge on any atom is 0.0642 e. The van der Waals surface area contributed by atoms with Gasteiger partial charge in [0, 0.05) is 11.9 Å². The maximum absolute atomic E-state index is 8.33. The molecule has 0 saturated heterocycles. The molecule has 0 amide bonds. The monoisotopic (exact) mass is 169 g/mol. The second-order valence-electron chi connectivity index (χ2n) is 2.24. The van der Waals surface area contributed by atoms with Gasteiger partial charge in [0.05, 0.1) is 23.6 Å². The Kier molecular flexibility index (Phi) is 2.53. The smallest absolute Gasteiger partial charge is 0.0642 e. The van der Waals surface area contributed by atoms with E-state index in [2.05, 4.69) is 4.98 Å². The van der Waals surface area contributed by atoms with Crippen molar-refractivity contribution in [3.05, 3.63) is 23.0 Å². The highest BCUT2D eigenvalue weighted by Crippen LogP contribution is 2.16. The molecule has 4 heteroatoms. The van der Waals surface area contributed by atoms with Crippen molar-refractivity contribution in [2.24, 2.45) is 5.73 Å². The van der Waals surface area contributed by atoms with E-state index in [0.29, 0.717) is 11.4 Å². The topological polar surface area (TPSA) is 65.6 Å². The molecule has 3 nitrogen and oxygen atoms in total. The molecule has 0 aliphatic rings. The number of hydrogen-bond donors (Lipinski definition) is 2. The Morgan fingerprint density at radius 2 is 2.55 bits per heavy atom. The lowest BCUT2D eigenvalue weighted by molar-refractivity contribution is 0.726. The highest BCUT2D eigenvalue weighted by Gasteiger charge is 2.06. The molecule has 1 heterocycles. The molecule has 0 bridgehead atoms. The number of aromatic nitrogens is 1. The zero-order chi connectivity index (χ0) is 8.27. The van der Waals surface area contributed by atoms with Crippen molar-refractivity contribution in [2.45, 2.75) is 12.5 Å². The number of nitrogens with zero attached hydrogens (tertiary/aromatic N) is 1. The lowest BCUT2D eigenvalue weighted by Crippen LogP contribution is -2.09. The van der Waals surface area contributed by atoms with E-state index in [4.69, 9.17) is 22.6 Å². The third kappa shape index (κ3) is 1.97. The van der Waals surface area contributed by atoms with Gasteiger partial charge < -0.3 is 10.7 Å². The van der Waals surface area contributed by atoms with E-state index in [1.54, 1.807) is 12.3 Å². The molecule has 0 fully saturated rings. The van der Waals surface area contributed by atoms with Crippen molar-refractivity contribution in [3.63, 3.8) is 0 Å². The molecule has 0 aliphatic carbocycles. The molecule has 0 spiro atoms. The molecule has 58 valence electrons. The van der Waals surface area contributed by atoms with Crippen LogP contribution in [0.4, 0.5) is 0 Å². The van der Waals surface area contributed by atoms with Crippen LogP contribution in [0, 0.1) is 11.3 Å². The predicted octanol–water partition coefficient (Wildman–Crippen LogP) is 1.58. The van der Waals surface area contributed by atoms with E-state index in [1.165, 1.54) is 0 Å². The van der Waals surface area contributed by atoms with Gasteiger partial charge in [0.15, 0.2) is 0 Å². The van der Waals surface area contributed by atoms with Crippen molar-refractivity contribution >= 4 is 11.6 Å². The minimum absolute atomic E-state index is 0.257. The van der Waals surface area contributed by atoms with Crippen molar-refractivity contribution in [3.8, 4) is 6.07 Å². The number of H-pyrrole nitrogens is 1. The molecule has 0 unspecified atom stereocenters. The summed E-state index contributed by atoms with van der Waals surface area (Å²) >= 11 is 5.63. The average molecular weight is 170 g/mol. The minimum Gasteiger partial charge on any atom is -0.362 e. The number of nitrogens with two attached hydrogens (primary N) is 1. The van der Waals surface area contributed by atoms with E-state index in [-0.39, 0.29) is 6.04 Å². The normalized spacial score (nSPS) is 12.5. The Labute approximate surface area is 69.8 Å². The third-order valence-electron chi connectivity index (χ3n) is 1.38. The van der Waals surface area contributed by atoms with Crippen LogP contribution < -0.4 is 5.73 Å². The van der Waals surface area contributed by atoms with Crippen molar-refractivity contribution < 1.29 is 0 Å². The van der Waals surface area contributed by atoms with Crippen molar-refractivity contribution in [2.75, 3.05) is 0 Å². The highest BCUT2D eigenvalue weighted by molar-refractivity contribution is 6.30. The Morgan fingerprint density at radius 3 is 3.00 bits per heavy atom. The molecule has 0 saturated carbocycles.